The van der Waals surface area contributed by atoms with Crippen LogP contribution in [0.25, 0.3) is 0 Å². The molecule has 0 aliphatic carbocycles. The third-order valence-corrected chi connectivity index (χ3v) is 3.57. The first-order valence-electron chi connectivity index (χ1n) is 6.90. The number of guanidine groups is 1. The summed E-state index contributed by atoms with van der Waals surface area (Å²) in [6.07, 6.45) is 5.89. The lowest BCUT2D eigenvalue weighted by Crippen LogP contribution is -2.52. The molecule has 100 valence electrons. The Hall–Kier alpha value is -1.39. The predicted molar refractivity (Wildman–Crippen MR) is 69.0 cm³/mol. The van der Waals surface area contributed by atoms with E-state index in [1.54, 1.807) is 0 Å². The maximum Gasteiger partial charge on any atom is 0.261 e. The van der Waals surface area contributed by atoms with Crippen LogP contribution in [0.15, 0.2) is 4.99 Å². The first-order chi connectivity index (χ1) is 8.72. The van der Waals surface area contributed by atoms with Crippen molar-refractivity contribution in [2.75, 3.05) is 13.1 Å². The maximum atomic E-state index is 11.9. The van der Waals surface area contributed by atoms with Gasteiger partial charge in [-0.15, -0.1) is 0 Å². The van der Waals surface area contributed by atoms with E-state index in [1.807, 2.05) is 11.8 Å². The monoisotopic (exact) mass is 251 g/mol. The van der Waals surface area contributed by atoms with Crippen molar-refractivity contribution in [3.8, 4) is 0 Å². The highest BCUT2D eigenvalue weighted by atomic mass is 16.2. The van der Waals surface area contributed by atoms with Crippen LogP contribution in [0, 0.1) is 5.92 Å². The number of rotatable bonds is 3. The molecule has 1 unspecified atom stereocenters. The minimum absolute atomic E-state index is 0.177. The molecule has 2 aliphatic rings. The fourth-order valence-corrected chi connectivity index (χ4v) is 2.44. The second-order valence-corrected chi connectivity index (χ2v) is 5.01. The van der Waals surface area contributed by atoms with E-state index in [9.17, 15) is 9.59 Å². The number of aliphatic imine (C=N–C) groups is 1. The lowest BCUT2D eigenvalue weighted by molar-refractivity contribution is -0.134. The van der Waals surface area contributed by atoms with Crippen LogP contribution in [0.3, 0.4) is 0 Å². The Balaban J connectivity index is 2.02. The fraction of sp³-hybridized carbons (Fsp3) is 0.769. The number of unbranched alkanes of at least 4 members (excludes halogenated alkanes) is 1. The van der Waals surface area contributed by atoms with Gasteiger partial charge in [-0.05, 0) is 25.7 Å². The summed E-state index contributed by atoms with van der Waals surface area (Å²) < 4.78 is 0. The molecule has 5 heteroatoms. The zero-order chi connectivity index (χ0) is 13.0. The molecular weight excluding hydrogens is 230 g/mol. The number of nitrogens with zero attached hydrogens (tertiary/aromatic N) is 2. The minimum atomic E-state index is -0.571. The number of carbonyl (C=O) groups is 2. The molecular formula is C13H21N3O2. The van der Waals surface area contributed by atoms with Crippen LogP contribution in [-0.4, -0.2) is 35.8 Å². The van der Waals surface area contributed by atoms with E-state index in [0.29, 0.717) is 12.4 Å². The van der Waals surface area contributed by atoms with Gasteiger partial charge >= 0.3 is 0 Å². The van der Waals surface area contributed by atoms with Crippen molar-refractivity contribution in [1.82, 2.24) is 10.2 Å². The molecule has 1 atom stereocenters. The van der Waals surface area contributed by atoms with Crippen molar-refractivity contribution in [2.24, 2.45) is 10.9 Å². The second kappa shape index (κ2) is 5.98. The first-order valence-corrected chi connectivity index (χ1v) is 6.90. The molecule has 0 spiro atoms. The van der Waals surface area contributed by atoms with E-state index in [4.69, 9.17) is 0 Å². The number of hydrogen-bond acceptors (Lipinski definition) is 3. The quantitative estimate of drug-likeness (QED) is 0.769. The Bertz CT molecular complexity index is 359. The summed E-state index contributed by atoms with van der Waals surface area (Å²) in [7, 11) is 0. The molecule has 1 saturated heterocycles. The Morgan fingerprint density at radius 3 is 2.61 bits per heavy atom. The Labute approximate surface area is 108 Å². The summed E-state index contributed by atoms with van der Waals surface area (Å²) in [5.74, 6) is -0.548. The van der Waals surface area contributed by atoms with Crippen LogP contribution >= 0.6 is 0 Å². The van der Waals surface area contributed by atoms with Crippen LogP contribution in [0.4, 0.5) is 0 Å². The molecule has 2 amide bonds. The standard InChI is InChI=1S/C13H21N3O2/c1-2-3-7-10-11(17)14-13(15-12(10)18)16-8-5-4-6-9-16/h10H,2-9H2,1H3,(H,14,15,17,18). The summed E-state index contributed by atoms with van der Waals surface area (Å²) >= 11 is 0. The average Bonchev–Trinajstić information content (AvgIpc) is 2.39. The van der Waals surface area contributed by atoms with Gasteiger partial charge in [0, 0.05) is 13.1 Å². The third kappa shape index (κ3) is 2.89. The Kier molecular flexibility index (Phi) is 4.33. The number of likely N-dealkylation sites (tertiary alicyclic amines) is 1. The van der Waals surface area contributed by atoms with Crippen LogP contribution in [0.2, 0.25) is 0 Å². The van der Waals surface area contributed by atoms with Gasteiger partial charge in [-0.25, -0.2) is 0 Å². The van der Waals surface area contributed by atoms with Gasteiger partial charge in [-0.1, -0.05) is 19.8 Å². The van der Waals surface area contributed by atoms with Crippen molar-refractivity contribution in [1.29, 1.82) is 0 Å². The molecule has 0 aromatic rings. The zero-order valence-electron chi connectivity index (χ0n) is 10.9. The summed E-state index contributed by atoms with van der Waals surface area (Å²) in [6, 6.07) is 0. The predicted octanol–water partition coefficient (Wildman–Crippen LogP) is 1.29. The smallest absolute Gasteiger partial charge is 0.261 e. The van der Waals surface area contributed by atoms with Crippen LogP contribution in [0.1, 0.15) is 45.4 Å². The summed E-state index contributed by atoms with van der Waals surface area (Å²) in [5, 5.41) is 2.79. The lowest BCUT2D eigenvalue weighted by atomic mass is 9.99. The third-order valence-electron chi connectivity index (χ3n) is 3.57. The highest BCUT2D eigenvalue weighted by Crippen LogP contribution is 2.16. The van der Waals surface area contributed by atoms with Gasteiger partial charge in [0.25, 0.3) is 5.91 Å². The van der Waals surface area contributed by atoms with Gasteiger partial charge in [0.2, 0.25) is 11.9 Å². The van der Waals surface area contributed by atoms with Crippen molar-refractivity contribution in [2.45, 2.75) is 45.4 Å². The molecule has 0 saturated carbocycles. The molecule has 2 heterocycles. The van der Waals surface area contributed by atoms with Crippen LogP contribution < -0.4 is 5.32 Å². The van der Waals surface area contributed by atoms with Gasteiger partial charge in [0.15, 0.2) is 0 Å². The van der Waals surface area contributed by atoms with Crippen molar-refractivity contribution in [3.63, 3.8) is 0 Å². The molecule has 1 fully saturated rings. The Morgan fingerprint density at radius 1 is 1.28 bits per heavy atom. The molecule has 2 rings (SSSR count). The number of piperidine rings is 1. The molecule has 18 heavy (non-hydrogen) atoms. The van der Waals surface area contributed by atoms with Crippen molar-refractivity contribution in [3.05, 3.63) is 0 Å². The van der Waals surface area contributed by atoms with Gasteiger partial charge in [-0.2, -0.15) is 4.99 Å². The summed E-state index contributed by atoms with van der Waals surface area (Å²) in [4.78, 5) is 29.9. The molecule has 5 nitrogen and oxygen atoms in total. The average molecular weight is 251 g/mol. The molecule has 2 aliphatic heterocycles. The SMILES string of the molecule is CCCCC1C(=O)N=C(N2CCCCC2)NC1=O. The van der Waals surface area contributed by atoms with Gasteiger partial charge in [0.05, 0.1) is 0 Å². The topological polar surface area (TPSA) is 61.8 Å². The van der Waals surface area contributed by atoms with Crippen LogP contribution in [-0.2, 0) is 9.59 Å². The van der Waals surface area contributed by atoms with Crippen molar-refractivity contribution >= 4 is 17.8 Å². The highest BCUT2D eigenvalue weighted by molar-refractivity contribution is 6.15. The van der Waals surface area contributed by atoms with Crippen LogP contribution in [0.5, 0.6) is 0 Å². The molecule has 0 bridgehead atoms. The number of hydrogen-bond donors (Lipinski definition) is 1. The van der Waals surface area contributed by atoms with Gasteiger partial charge in [-0.3, -0.25) is 14.9 Å². The summed E-state index contributed by atoms with van der Waals surface area (Å²) in [5.41, 5.74) is 0. The zero-order valence-corrected chi connectivity index (χ0v) is 10.9. The molecule has 0 aromatic heterocycles. The second-order valence-electron chi connectivity index (χ2n) is 5.01. The van der Waals surface area contributed by atoms with E-state index >= 15 is 0 Å². The molecule has 0 radical (unpaired) electrons. The van der Waals surface area contributed by atoms with E-state index in [2.05, 4.69) is 10.3 Å². The fourth-order valence-electron chi connectivity index (χ4n) is 2.44. The summed E-state index contributed by atoms with van der Waals surface area (Å²) in [6.45, 7) is 3.81. The normalized spacial score (nSPS) is 24.8. The number of nitrogens with one attached hydrogen (secondary N) is 1. The largest absolute Gasteiger partial charge is 0.342 e. The van der Waals surface area contributed by atoms with Gasteiger partial charge in [0.1, 0.15) is 5.92 Å². The van der Waals surface area contributed by atoms with E-state index in [-0.39, 0.29) is 11.8 Å². The lowest BCUT2D eigenvalue weighted by Gasteiger charge is -2.32. The number of amides is 2. The van der Waals surface area contributed by atoms with Gasteiger partial charge < -0.3 is 4.90 Å². The minimum Gasteiger partial charge on any atom is -0.342 e. The van der Waals surface area contributed by atoms with E-state index in [0.717, 1.165) is 38.8 Å². The maximum absolute atomic E-state index is 11.9. The first kappa shape index (κ1) is 13.1. The van der Waals surface area contributed by atoms with E-state index < -0.39 is 5.92 Å². The molecule has 0 aromatic carbocycles. The number of carbonyl (C=O) groups excluding carboxylic acids is 2. The van der Waals surface area contributed by atoms with E-state index in [1.165, 1.54) is 6.42 Å². The Morgan fingerprint density at radius 2 is 2.00 bits per heavy atom. The molecule has 1 N–H and O–H groups in total. The van der Waals surface area contributed by atoms with Crippen molar-refractivity contribution < 1.29 is 9.59 Å². The highest BCUT2D eigenvalue weighted by Gasteiger charge is 2.33.